The molecule has 4 heteroatoms. The minimum Gasteiger partial charge on any atom is -0.494 e. The van der Waals surface area contributed by atoms with Crippen molar-refractivity contribution in [2.75, 3.05) is 26.7 Å². The third kappa shape index (κ3) is 8.05. The highest BCUT2D eigenvalue weighted by molar-refractivity contribution is 5.91. The molecule has 32 heavy (non-hydrogen) atoms. The Kier molecular flexibility index (Phi) is 9.56. The van der Waals surface area contributed by atoms with Gasteiger partial charge in [0.1, 0.15) is 5.75 Å². The van der Waals surface area contributed by atoms with E-state index in [4.69, 9.17) is 4.74 Å². The van der Waals surface area contributed by atoms with Crippen LogP contribution in [-0.2, 0) is 17.8 Å². The second-order valence-electron chi connectivity index (χ2n) is 7.69. The predicted molar refractivity (Wildman–Crippen MR) is 132 cm³/mol. The summed E-state index contributed by atoms with van der Waals surface area (Å²) in [7, 11) is 1.94. The first-order valence-electron chi connectivity index (χ1n) is 11.2. The molecular weight excluding hydrogens is 396 g/mol. The lowest BCUT2D eigenvalue weighted by Crippen LogP contribution is -2.31. The van der Waals surface area contributed by atoms with Gasteiger partial charge in [-0.2, -0.15) is 0 Å². The van der Waals surface area contributed by atoms with Crippen LogP contribution in [0.2, 0.25) is 0 Å². The summed E-state index contributed by atoms with van der Waals surface area (Å²) >= 11 is 0. The zero-order valence-electron chi connectivity index (χ0n) is 18.7. The van der Waals surface area contributed by atoms with Crippen molar-refractivity contribution >= 4 is 12.0 Å². The predicted octanol–water partition coefficient (Wildman–Crippen LogP) is 4.96. The fraction of sp³-hybridized carbons (Fsp3) is 0.250. The van der Waals surface area contributed by atoms with E-state index in [1.807, 2.05) is 90.8 Å². The number of nitrogens with one attached hydrogen (secondary N) is 1. The maximum absolute atomic E-state index is 13.1. The van der Waals surface area contributed by atoms with Gasteiger partial charge in [0.15, 0.2) is 0 Å². The van der Waals surface area contributed by atoms with Crippen molar-refractivity contribution in [2.45, 2.75) is 19.4 Å². The number of carbonyl (C=O) groups excluding carboxylic acids is 1. The Morgan fingerprint density at radius 1 is 0.938 bits per heavy atom. The normalized spacial score (nSPS) is 10.9. The van der Waals surface area contributed by atoms with Crippen LogP contribution in [0.25, 0.3) is 6.08 Å². The Balaban J connectivity index is 1.68. The highest BCUT2D eigenvalue weighted by Gasteiger charge is 2.12. The molecule has 0 saturated carbocycles. The van der Waals surface area contributed by atoms with Gasteiger partial charge in [0.05, 0.1) is 6.61 Å². The van der Waals surface area contributed by atoms with Gasteiger partial charge >= 0.3 is 0 Å². The number of hydrogen-bond donors (Lipinski definition) is 1. The fourth-order valence-electron chi connectivity index (χ4n) is 3.41. The third-order valence-corrected chi connectivity index (χ3v) is 5.15. The second kappa shape index (κ2) is 13.1. The third-order valence-electron chi connectivity index (χ3n) is 5.15. The molecule has 3 aromatic carbocycles. The van der Waals surface area contributed by atoms with Crippen molar-refractivity contribution in [3.63, 3.8) is 0 Å². The summed E-state index contributed by atoms with van der Waals surface area (Å²) in [5.41, 5.74) is 3.30. The number of carbonyl (C=O) groups is 1. The molecule has 0 fully saturated rings. The van der Waals surface area contributed by atoms with E-state index in [2.05, 4.69) is 17.4 Å². The van der Waals surface area contributed by atoms with Gasteiger partial charge in [-0.1, -0.05) is 72.8 Å². The first-order chi connectivity index (χ1) is 15.7. The minimum absolute atomic E-state index is 0.00475. The molecule has 0 aliphatic heterocycles. The van der Waals surface area contributed by atoms with Crippen LogP contribution >= 0.6 is 0 Å². The van der Waals surface area contributed by atoms with Crippen molar-refractivity contribution in [2.24, 2.45) is 0 Å². The van der Waals surface area contributed by atoms with Gasteiger partial charge in [-0.3, -0.25) is 4.79 Å². The number of benzene rings is 3. The molecule has 0 aromatic heterocycles. The smallest absolute Gasteiger partial charge is 0.246 e. The van der Waals surface area contributed by atoms with Crippen molar-refractivity contribution in [3.05, 3.63) is 108 Å². The number of amides is 1. The number of rotatable bonds is 12. The van der Waals surface area contributed by atoms with Crippen LogP contribution in [-0.4, -0.2) is 37.6 Å². The average Bonchev–Trinajstić information content (AvgIpc) is 2.84. The Morgan fingerprint density at radius 3 is 2.41 bits per heavy atom. The van der Waals surface area contributed by atoms with Crippen LogP contribution in [0.3, 0.4) is 0 Å². The van der Waals surface area contributed by atoms with E-state index in [0.717, 1.165) is 36.3 Å². The summed E-state index contributed by atoms with van der Waals surface area (Å²) in [6, 6.07) is 28.2. The molecule has 0 saturated heterocycles. The molecule has 1 N–H and O–H groups in total. The van der Waals surface area contributed by atoms with Gasteiger partial charge in [0, 0.05) is 19.2 Å². The van der Waals surface area contributed by atoms with E-state index >= 15 is 0 Å². The molecule has 3 aromatic rings. The highest BCUT2D eigenvalue weighted by Crippen LogP contribution is 2.16. The quantitative estimate of drug-likeness (QED) is 0.327. The van der Waals surface area contributed by atoms with Crippen molar-refractivity contribution in [3.8, 4) is 5.75 Å². The largest absolute Gasteiger partial charge is 0.494 e. The monoisotopic (exact) mass is 428 g/mol. The summed E-state index contributed by atoms with van der Waals surface area (Å²) in [5, 5.41) is 3.12. The zero-order chi connectivity index (χ0) is 22.4. The lowest BCUT2D eigenvalue weighted by atomic mass is 10.1. The summed E-state index contributed by atoms with van der Waals surface area (Å²) in [4.78, 5) is 15.0. The lowest BCUT2D eigenvalue weighted by molar-refractivity contribution is -0.126. The van der Waals surface area contributed by atoms with Crippen molar-refractivity contribution in [1.29, 1.82) is 0 Å². The van der Waals surface area contributed by atoms with Crippen LogP contribution in [0.4, 0.5) is 0 Å². The minimum atomic E-state index is 0.00475. The van der Waals surface area contributed by atoms with Gasteiger partial charge in [-0.05, 0) is 61.3 Å². The number of nitrogens with zero attached hydrogens (tertiary/aromatic N) is 1. The van der Waals surface area contributed by atoms with Crippen LogP contribution < -0.4 is 10.1 Å². The number of hydrogen-bond acceptors (Lipinski definition) is 3. The van der Waals surface area contributed by atoms with E-state index in [1.165, 1.54) is 5.56 Å². The summed E-state index contributed by atoms with van der Waals surface area (Å²) in [6.07, 6.45) is 5.30. The van der Waals surface area contributed by atoms with Crippen molar-refractivity contribution in [1.82, 2.24) is 10.2 Å². The number of ether oxygens (including phenoxy) is 1. The molecular formula is C28H32N2O2. The molecule has 0 bridgehead atoms. The van der Waals surface area contributed by atoms with Crippen LogP contribution in [0.5, 0.6) is 5.75 Å². The van der Waals surface area contributed by atoms with Gasteiger partial charge in [-0.25, -0.2) is 0 Å². The van der Waals surface area contributed by atoms with Crippen LogP contribution in [0.15, 0.2) is 91.0 Å². The molecule has 1 amide bonds. The zero-order valence-corrected chi connectivity index (χ0v) is 18.7. The van der Waals surface area contributed by atoms with Crippen LogP contribution in [0, 0.1) is 0 Å². The van der Waals surface area contributed by atoms with E-state index in [0.29, 0.717) is 19.7 Å². The molecule has 0 heterocycles. The Morgan fingerprint density at radius 2 is 1.66 bits per heavy atom. The molecule has 0 aliphatic carbocycles. The molecule has 166 valence electrons. The molecule has 0 spiro atoms. The first-order valence-corrected chi connectivity index (χ1v) is 11.2. The topological polar surface area (TPSA) is 41.6 Å². The standard InChI is InChI=1S/C28H32N2O2/c1-29-19-9-21-32-27-15-8-14-26(22-27)23-30(20-18-25-12-6-3-7-13-25)28(31)17-16-24-10-4-2-5-11-24/h2-8,10-17,22,29H,9,18-21,23H2,1H3/b17-16+. The molecule has 0 aliphatic rings. The van der Waals surface area contributed by atoms with Gasteiger partial charge < -0.3 is 15.0 Å². The van der Waals surface area contributed by atoms with Gasteiger partial charge in [0.2, 0.25) is 5.91 Å². The van der Waals surface area contributed by atoms with Crippen molar-refractivity contribution < 1.29 is 9.53 Å². The second-order valence-corrected chi connectivity index (χ2v) is 7.69. The van der Waals surface area contributed by atoms with Crippen LogP contribution in [0.1, 0.15) is 23.1 Å². The maximum Gasteiger partial charge on any atom is 0.246 e. The molecule has 4 nitrogen and oxygen atoms in total. The molecule has 0 unspecified atom stereocenters. The maximum atomic E-state index is 13.1. The molecule has 0 atom stereocenters. The molecule has 0 radical (unpaired) electrons. The van der Waals surface area contributed by atoms with E-state index in [-0.39, 0.29) is 5.91 Å². The van der Waals surface area contributed by atoms with Gasteiger partial charge in [-0.15, -0.1) is 0 Å². The van der Waals surface area contributed by atoms with E-state index < -0.39 is 0 Å². The van der Waals surface area contributed by atoms with E-state index in [9.17, 15) is 4.79 Å². The Bertz CT molecular complexity index is 971. The summed E-state index contributed by atoms with van der Waals surface area (Å²) < 4.78 is 5.87. The first kappa shape index (κ1) is 23.3. The fourth-order valence-corrected chi connectivity index (χ4v) is 3.41. The summed E-state index contributed by atoms with van der Waals surface area (Å²) in [5.74, 6) is 0.846. The summed E-state index contributed by atoms with van der Waals surface area (Å²) in [6.45, 7) is 2.78. The highest BCUT2D eigenvalue weighted by atomic mass is 16.5. The molecule has 3 rings (SSSR count). The van der Waals surface area contributed by atoms with E-state index in [1.54, 1.807) is 6.08 Å². The van der Waals surface area contributed by atoms with Gasteiger partial charge in [0.25, 0.3) is 0 Å². The lowest BCUT2D eigenvalue weighted by Gasteiger charge is -2.22. The Hall–Kier alpha value is -3.37. The Labute approximate surface area is 191 Å². The average molecular weight is 429 g/mol. The SMILES string of the molecule is CNCCCOc1cccc(CN(CCc2ccccc2)C(=O)/C=C/c2ccccc2)c1.